The number of nitrogens with one attached hydrogen (secondary N) is 1. The van der Waals surface area contributed by atoms with Gasteiger partial charge in [-0.3, -0.25) is 9.59 Å². The molecule has 2 rings (SSSR count). The van der Waals surface area contributed by atoms with E-state index in [1.165, 1.54) is 0 Å². The SMILES string of the molecule is CNCCc1ccccc1C(=O)N1CCC(C(=O)O)C1C. The molecule has 0 spiro atoms. The second-order valence-electron chi connectivity index (χ2n) is 5.48. The van der Waals surface area contributed by atoms with Crippen LogP contribution in [0.3, 0.4) is 0 Å². The van der Waals surface area contributed by atoms with Gasteiger partial charge in [-0.2, -0.15) is 0 Å². The van der Waals surface area contributed by atoms with Gasteiger partial charge in [-0.25, -0.2) is 0 Å². The first-order valence-electron chi connectivity index (χ1n) is 7.32. The van der Waals surface area contributed by atoms with Crippen LogP contribution in [0.1, 0.15) is 29.3 Å². The van der Waals surface area contributed by atoms with Crippen LogP contribution >= 0.6 is 0 Å². The summed E-state index contributed by atoms with van der Waals surface area (Å²) >= 11 is 0. The molecule has 5 nitrogen and oxygen atoms in total. The minimum absolute atomic E-state index is 0.0575. The number of nitrogens with zero attached hydrogens (tertiary/aromatic N) is 1. The predicted octanol–water partition coefficient (Wildman–Crippen LogP) is 1.38. The number of aliphatic carboxylic acids is 1. The van der Waals surface area contributed by atoms with E-state index in [1.807, 2.05) is 38.2 Å². The Morgan fingerprint density at radius 3 is 2.71 bits per heavy atom. The summed E-state index contributed by atoms with van der Waals surface area (Å²) in [6.07, 6.45) is 1.31. The van der Waals surface area contributed by atoms with Crippen molar-refractivity contribution >= 4 is 11.9 Å². The molecule has 5 heteroatoms. The van der Waals surface area contributed by atoms with Crippen LogP contribution < -0.4 is 5.32 Å². The molecule has 2 unspecified atom stereocenters. The molecule has 1 aliphatic heterocycles. The molecule has 1 aromatic rings. The standard InChI is InChI=1S/C16H22N2O3/c1-11-13(16(20)21)8-10-18(11)15(19)14-6-4-3-5-12(14)7-9-17-2/h3-6,11,13,17H,7-10H2,1-2H3,(H,20,21). The lowest BCUT2D eigenvalue weighted by molar-refractivity contribution is -0.142. The second kappa shape index (κ2) is 6.72. The molecule has 0 aliphatic carbocycles. The normalized spacial score (nSPS) is 21.5. The van der Waals surface area contributed by atoms with Crippen molar-refractivity contribution in [3.63, 3.8) is 0 Å². The molecule has 0 saturated carbocycles. The number of carbonyl (C=O) groups is 2. The maximum atomic E-state index is 12.7. The highest BCUT2D eigenvalue weighted by Gasteiger charge is 2.38. The maximum Gasteiger partial charge on any atom is 0.308 e. The zero-order valence-electron chi connectivity index (χ0n) is 12.5. The summed E-state index contributed by atoms with van der Waals surface area (Å²) in [6, 6.07) is 7.31. The van der Waals surface area contributed by atoms with E-state index in [0.717, 1.165) is 18.5 Å². The predicted molar refractivity (Wildman–Crippen MR) is 80.3 cm³/mol. The van der Waals surface area contributed by atoms with Crippen LogP contribution in [0.15, 0.2) is 24.3 Å². The third-order valence-corrected chi connectivity index (χ3v) is 4.23. The number of benzene rings is 1. The molecule has 1 aromatic carbocycles. The van der Waals surface area contributed by atoms with Gasteiger partial charge in [-0.1, -0.05) is 18.2 Å². The fourth-order valence-corrected chi connectivity index (χ4v) is 2.92. The molecule has 2 N–H and O–H groups in total. The summed E-state index contributed by atoms with van der Waals surface area (Å²) < 4.78 is 0. The van der Waals surface area contributed by atoms with Crippen molar-refractivity contribution in [3.8, 4) is 0 Å². The van der Waals surface area contributed by atoms with Crippen molar-refractivity contribution < 1.29 is 14.7 Å². The van der Waals surface area contributed by atoms with E-state index in [-0.39, 0.29) is 11.9 Å². The molecule has 2 atom stereocenters. The van der Waals surface area contributed by atoms with Crippen LogP contribution in [0, 0.1) is 5.92 Å². The van der Waals surface area contributed by atoms with Gasteiger partial charge in [0.1, 0.15) is 0 Å². The Kier molecular flexibility index (Phi) is 4.96. The minimum Gasteiger partial charge on any atom is -0.481 e. The largest absolute Gasteiger partial charge is 0.481 e. The topological polar surface area (TPSA) is 69.6 Å². The van der Waals surface area contributed by atoms with Crippen molar-refractivity contribution in [1.82, 2.24) is 10.2 Å². The number of likely N-dealkylation sites (tertiary alicyclic amines) is 1. The van der Waals surface area contributed by atoms with Gasteiger partial charge in [0.05, 0.1) is 5.92 Å². The second-order valence-corrected chi connectivity index (χ2v) is 5.48. The molecular formula is C16H22N2O3. The van der Waals surface area contributed by atoms with Gasteiger partial charge < -0.3 is 15.3 Å². The Morgan fingerprint density at radius 1 is 1.38 bits per heavy atom. The Morgan fingerprint density at radius 2 is 2.10 bits per heavy atom. The number of rotatable bonds is 5. The summed E-state index contributed by atoms with van der Waals surface area (Å²) in [5.41, 5.74) is 1.69. The third kappa shape index (κ3) is 3.24. The number of carbonyl (C=O) groups excluding carboxylic acids is 1. The molecule has 1 heterocycles. The molecule has 1 fully saturated rings. The summed E-state index contributed by atoms with van der Waals surface area (Å²) in [5.74, 6) is -1.34. The molecule has 114 valence electrons. The van der Waals surface area contributed by atoms with Gasteiger partial charge in [0.2, 0.25) is 0 Å². The number of amides is 1. The zero-order chi connectivity index (χ0) is 15.4. The van der Waals surface area contributed by atoms with Gasteiger partial charge in [-0.05, 0) is 45.0 Å². The first kappa shape index (κ1) is 15.5. The Labute approximate surface area is 125 Å². The number of hydrogen-bond donors (Lipinski definition) is 2. The molecule has 1 saturated heterocycles. The summed E-state index contributed by atoms with van der Waals surface area (Å²) in [4.78, 5) is 25.6. The maximum absolute atomic E-state index is 12.7. The van der Waals surface area contributed by atoms with E-state index in [0.29, 0.717) is 18.5 Å². The molecule has 1 amide bonds. The number of hydrogen-bond acceptors (Lipinski definition) is 3. The van der Waals surface area contributed by atoms with Crippen LogP contribution in [0.5, 0.6) is 0 Å². The number of carboxylic acids is 1. The molecule has 0 aromatic heterocycles. The van der Waals surface area contributed by atoms with Gasteiger partial charge in [-0.15, -0.1) is 0 Å². The first-order valence-corrected chi connectivity index (χ1v) is 7.32. The Hall–Kier alpha value is -1.88. The van der Waals surface area contributed by atoms with Crippen LogP contribution in [-0.4, -0.2) is 48.1 Å². The molecule has 0 bridgehead atoms. The summed E-state index contributed by atoms with van der Waals surface area (Å²) in [7, 11) is 1.88. The fourth-order valence-electron chi connectivity index (χ4n) is 2.92. The lowest BCUT2D eigenvalue weighted by Crippen LogP contribution is -2.38. The average Bonchev–Trinajstić information content (AvgIpc) is 2.86. The van der Waals surface area contributed by atoms with Gasteiger partial charge in [0.25, 0.3) is 5.91 Å². The van der Waals surface area contributed by atoms with E-state index < -0.39 is 11.9 Å². The van der Waals surface area contributed by atoms with E-state index in [2.05, 4.69) is 5.32 Å². The highest BCUT2D eigenvalue weighted by atomic mass is 16.4. The molecular weight excluding hydrogens is 268 g/mol. The number of carboxylic acid groups (broad SMARTS) is 1. The minimum atomic E-state index is -0.818. The van der Waals surface area contributed by atoms with E-state index in [1.54, 1.807) is 4.90 Å². The van der Waals surface area contributed by atoms with Crippen molar-refractivity contribution in [2.45, 2.75) is 25.8 Å². The van der Waals surface area contributed by atoms with Crippen LogP contribution in [0.4, 0.5) is 0 Å². The molecule has 1 aliphatic rings. The molecule has 0 radical (unpaired) electrons. The van der Waals surface area contributed by atoms with Crippen molar-refractivity contribution in [1.29, 1.82) is 0 Å². The van der Waals surface area contributed by atoms with Crippen LogP contribution in [0.2, 0.25) is 0 Å². The molecule has 21 heavy (non-hydrogen) atoms. The van der Waals surface area contributed by atoms with Crippen molar-refractivity contribution in [2.24, 2.45) is 5.92 Å². The quantitative estimate of drug-likeness (QED) is 0.859. The monoisotopic (exact) mass is 290 g/mol. The van der Waals surface area contributed by atoms with E-state index in [4.69, 9.17) is 0 Å². The van der Waals surface area contributed by atoms with Gasteiger partial charge in [0.15, 0.2) is 0 Å². The van der Waals surface area contributed by atoms with Gasteiger partial charge >= 0.3 is 5.97 Å². The van der Waals surface area contributed by atoms with Gasteiger partial charge in [0, 0.05) is 18.2 Å². The first-order chi connectivity index (χ1) is 10.1. The van der Waals surface area contributed by atoms with Crippen molar-refractivity contribution in [2.75, 3.05) is 20.1 Å². The fraction of sp³-hybridized carbons (Fsp3) is 0.500. The van der Waals surface area contributed by atoms with Crippen molar-refractivity contribution in [3.05, 3.63) is 35.4 Å². The van der Waals surface area contributed by atoms with Crippen LogP contribution in [0.25, 0.3) is 0 Å². The third-order valence-electron chi connectivity index (χ3n) is 4.23. The highest BCUT2D eigenvalue weighted by Crippen LogP contribution is 2.26. The highest BCUT2D eigenvalue weighted by molar-refractivity contribution is 5.96. The van der Waals surface area contributed by atoms with E-state index in [9.17, 15) is 14.7 Å². The van der Waals surface area contributed by atoms with E-state index >= 15 is 0 Å². The Balaban J connectivity index is 2.19. The Bertz CT molecular complexity index is 530. The smallest absolute Gasteiger partial charge is 0.308 e. The summed E-state index contributed by atoms with van der Waals surface area (Å²) in [6.45, 7) is 3.13. The number of likely N-dealkylation sites (N-methyl/N-ethyl adjacent to an activating group) is 1. The average molecular weight is 290 g/mol. The lowest BCUT2D eigenvalue weighted by atomic mass is 10.0. The summed E-state index contributed by atoms with van der Waals surface area (Å²) in [5, 5.41) is 12.3. The lowest BCUT2D eigenvalue weighted by Gasteiger charge is -2.24. The zero-order valence-corrected chi connectivity index (χ0v) is 12.5. The van der Waals surface area contributed by atoms with Crippen LogP contribution in [-0.2, 0) is 11.2 Å².